The number of benzene rings is 1. The number of phenols is 1. The average Bonchev–Trinajstić information content (AvgIpc) is 2.08. The van der Waals surface area contributed by atoms with E-state index in [4.69, 9.17) is 5.11 Å². The Hall–Kier alpha value is -1.06. The molecule has 13 heavy (non-hydrogen) atoms. The van der Waals surface area contributed by atoms with Gasteiger partial charge in [0, 0.05) is 6.61 Å². The fourth-order valence-corrected chi connectivity index (χ4v) is 1.19. The summed E-state index contributed by atoms with van der Waals surface area (Å²) in [4.78, 5) is 0. The highest BCUT2D eigenvalue weighted by molar-refractivity contribution is 5.36. The van der Waals surface area contributed by atoms with Gasteiger partial charge in [-0.3, -0.25) is 0 Å². The Morgan fingerprint density at radius 3 is 2.62 bits per heavy atom. The number of aliphatic hydroxyl groups excluding tert-OH is 2. The standard InChI is InChI=1S/C10H14O3/c1-7(12)8-2-3-10(13)9(6-8)4-5-11/h2-3,6-7,11-13H,4-5H2,1H3/t7-/m1/s1. The van der Waals surface area contributed by atoms with Crippen LogP contribution in [0.3, 0.4) is 0 Å². The summed E-state index contributed by atoms with van der Waals surface area (Å²) >= 11 is 0. The Kier molecular flexibility index (Phi) is 3.28. The van der Waals surface area contributed by atoms with Crippen LogP contribution >= 0.6 is 0 Å². The van der Waals surface area contributed by atoms with Crippen molar-refractivity contribution in [3.05, 3.63) is 29.3 Å². The van der Waals surface area contributed by atoms with Gasteiger partial charge in [0.1, 0.15) is 5.75 Å². The minimum absolute atomic E-state index is 0.00315. The third kappa shape index (κ3) is 2.44. The Labute approximate surface area is 77.3 Å². The number of phenolic OH excluding ortho intramolecular Hbond substituents is 1. The van der Waals surface area contributed by atoms with E-state index in [9.17, 15) is 10.2 Å². The van der Waals surface area contributed by atoms with E-state index >= 15 is 0 Å². The molecule has 1 atom stereocenters. The molecule has 0 heterocycles. The molecule has 0 bridgehead atoms. The summed E-state index contributed by atoms with van der Waals surface area (Å²) in [5, 5.41) is 27.3. The lowest BCUT2D eigenvalue weighted by Gasteiger charge is -2.08. The lowest BCUT2D eigenvalue weighted by molar-refractivity contribution is 0.199. The smallest absolute Gasteiger partial charge is 0.118 e. The van der Waals surface area contributed by atoms with Crippen molar-refractivity contribution in [1.82, 2.24) is 0 Å². The first-order valence-electron chi connectivity index (χ1n) is 4.26. The zero-order valence-corrected chi connectivity index (χ0v) is 7.57. The van der Waals surface area contributed by atoms with E-state index in [1.165, 1.54) is 6.07 Å². The van der Waals surface area contributed by atoms with E-state index < -0.39 is 6.10 Å². The van der Waals surface area contributed by atoms with Crippen LogP contribution in [0.4, 0.5) is 0 Å². The predicted octanol–water partition coefficient (Wildman–Crippen LogP) is 0.980. The molecule has 0 spiro atoms. The van der Waals surface area contributed by atoms with Gasteiger partial charge < -0.3 is 15.3 Å². The van der Waals surface area contributed by atoms with Crippen molar-refractivity contribution in [2.45, 2.75) is 19.4 Å². The van der Waals surface area contributed by atoms with Gasteiger partial charge in [0.2, 0.25) is 0 Å². The molecule has 1 aromatic carbocycles. The van der Waals surface area contributed by atoms with Gasteiger partial charge in [0.15, 0.2) is 0 Å². The first-order chi connectivity index (χ1) is 6.15. The van der Waals surface area contributed by atoms with Crippen LogP contribution in [0.25, 0.3) is 0 Å². The van der Waals surface area contributed by atoms with E-state index in [2.05, 4.69) is 0 Å². The highest BCUT2D eigenvalue weighted by Crippen LogP contribution is 2.22. The number of aliphatic hydroxyl groups is 2. The number of hydrogen-bond acceptors (Lipinski definition) is 3. The molecule has 72 valence electrons. The first kappa shape index (κ1) is 10.0. The molecule has 0 unspecified atom stereocenters. The van der Waals surface area contributed by atoms with Gasteiger partial charge in [0.05, 0.1) is 6.10 Å². The molecule has 3 nitrogen and oxygen atoms in total. The minimum atomic E-state index is -0.543. The van der Waals surface area contributed by atoms with E-state index in [-0.39, 0.29) is 12.4 Å². The van der Waals surface area contributed by atoms with E-state index in [0.717, 1.165) is 5.56 Å². The highest BCUT2D eigenvalue weighted by atomic mass is 16.3. The average molecular weight is 182 g/mol. The largest absolute Gasteiger partial charge is 0.508 e. The number of hydrogen-bond donors (Lipinski definition) is 3. The molecule has 0 fully saturated rings. The second-order valence-corrected chi connectivity index (χ2v) is 3.04. The molecule has 0 saturated carbocycles. The second-order valence-electron chi connectivity index (χ2n) is 3.04. The van der Waals surface area contributed by atoms with Gasteiger partial charge in [-0.1, -0.05) is 6.07 Å². The Morgan fingerprint density at radius 2 is 2.08 bits per heavy atom. The maximum Gasteiger partial charge on any atom is 0.118 e. The van der Waals surface area contributed by atoms with Crippen LogP contribution in [0.2, 0.25) is 0 Å². The van der Waals surface area contributed by atoms with Crippen LogP contribution in [-0.4, -0.2) is 21.9 Å². The zero-order valence-electron chi connectivity index (χ0n) is 7.57. The van der Waals surface area contributed by atoms with Gasteiger partial charge in [0.25, 0.3) is 0 Å². The third-order valence-electron chi connectivity index (χ3n) is 1.97. The molecule has 1 aromatic rings. The summed E-state index contributed by atoms with van der Waals surface area (Å²) in [6.45, 7) is 1.66. The molecular formula is C10H14O3. The Balaban J connectivity index is 2.97. The lowest BCUT2D eigenvalue weighted by Crippen LogP contribution is -1.96. The quantitative estimate of drug-likeness (QED) is 0.653. The van der Waals surface area contributed by atoms with Crippen LogP contribution in [0.5, 0.6) is 5.75 Å². The maximum absolute atomic E-state index is 9.36. The molecule has 3 N–H and O–H groups in total. The molecule has 0 aliphatic rings. The fraction of sp³-hybridized carbons (Fsp3) is 0.400. The van der Waals surface area contributed by atoms with Crippen LogP contribution in [0, 0.1) is 0 Å². The minimum Gasteiger partial charge on any atom is -0.508 e. The van der Waals surface area contributed by atoms with Gasteiger partial charge in [-0.15, -0.1) is 0 Å². The van der Waals surface area contributed by atoms with Crippen molar-refractivity contribution in [3.63, 3.8) is 0 Å². The molecule has 0 aliphatic heterocycles. The summed E-state index contributed by atoms with van der Waals surface area (Å²) in [6, 6.07) is 4.91. The van der Waals surface area contributed by atoms with Crippen molar-refractivity contribution in [1.29, 1.82) is 0 Å². The molecule has 0 radical (unpaired) electrons. The first-order valence-corrected chi connectivity index (χ1v) is 4.26. The van der Waals surface area contributed by atoms with Gasteiger partial charge in [-0.25, -0.2) is 0 Å². The fourth-order valence-electron chi connectivity index (χ4n) is 1.19. The summed E-state index contributed by atoms with van der Waals surface area (Å²) in [7, 11) is 0. The molecule has 1 rings (SSSR count). The third-order valence-corrected chi connectivity index (χ3v) is 1.97. The highest BCUT2D eigenvalue weighted by Gasteiger charge is 2.05. The predicted molar refractivity (Wildman–Crippen MR) is 49.5 cm³/mol. The van der Waals surface area contributed by atoms with Crippen molar-refractivity contribution >= 4 is 0 Å². The summed E-state index contributed by atoms with van der Waals surface area (Å²) < 4.78 is 0. The summed E-state index contributed by atoms with van der Waals surface area (Å²) in [5.74, 6) is 0.165. The van der Waals surface area contributed by atoms with Crippen molar-refractivity contribution in [2.75, 3.05) is 6.61 Å². The molecule has 0 aromatic heterocycles. The monoisotopic (exact) mass is 182 g/mol. The van der Waals surface area contributed by atoms with Crippen LogP contribution in [0.1, 0.15) is 24.2 Å². The second kappa shape index (κ2) is 4.25. The van der Waals surface area contributed by atoms with E-state index in [1.807, 2.05) is 0 Å². The molecule has 0 aliphatic carbocycles. The van der Waals surface area contributed by atoms with Crippen LogP contribution in [-0.2, 0) is 6.42 Å². The van der Waals surface area contributed by atoms with Gasteiger partial charge in [-0.05, 0) is 36.6 Å². The molecular weight excluding hydrogens is 168 g/mol. The van der Waals surface area contributed by atoms with E-state index in [1.54, 1.807) is 19.1 Å². The van der Waals surface area contributed by atoms with Gasteiger partial charge in [-0.2, -0.15) is 0 Å². The van der Waals surface area contributed by atoms with Crippen LogP contribution < -0.4 is 0 Å². The zero-order chi connectivity index (χ0) is 9.84. The van der Waals surface area contributed by atoms with E-state index in [0.29, 0.717) is 12.0 Å². The van der Waals surface area contributed by atoms with Crippen molar-refractivity contribution < 1.29 is 15.3 Å². The SMILES string of the molecule is C[C@@H](O)c1ccc(O)c(CCO)c1. The van der Waals surface area contributed by atoms with Gasteiger partial charge >= 0.3 is 0 Å². The van der Waals surface area contributed by atoms with Crippen molar-refractivity contribution in [3.8, 4) is 5.75 Å². The normalized spacial score (nSPS) is 12.8. The molecule has 0 amide bonds. The Morgan fingerprint density at radius 1 is 1.38 bits per heavy atom. The van der Waals surface area contributed by atoms with Crippen LogP contribution in [0.15, 0.2) is 18.2 Å². The summed E-state index contributed by atoms with van der Waals surface area (Å²) in [5.41, 5.74) is 1.42. The number of rotatable bonds is 3. The molecule has 0 saturated heterocycles. The van der Waals surface area contributed by atoms with Crippen molar-refractivity contribution in [2.24, 2.45) is 0 Å². The lowest BCUT2D eigenvalue weighted by atomic mass is 10.0. The molecule has 3 heteroatoms. The topological polar surface area (TPSA) is 60.7 Å². The summed E-state index contributed by atoms with van der Waals surface area (Å²) in [6.07, 6.45) is -0.134. The number of aromatic hydroxyl groups is 1. The maximum atomic E-state index is 9.36. The Bertz CT molecular complexity index is 281.